The highest BCUT2D eigenvalue weighted by Gasteiger charge is 2.31. The average Bonchev–Trinajstić information content (AvgIpc) is 3.24. The number of amides is 2. The van der Waals surface area contributed by atoms with Crippen LogP contribution in [0.15, 0.2) is 118 Å². The molecule has 0 radical (unpaired) electrons. The van der Waals surface area contributed by atoms with Crippen molar-refractivity contribution in [3.63, 3.8) is 0 Å². The van der Waals surface area contributed by atoms with E-state index in [1.54, 1.807) is 60.7 Å². The summed E-state index contributed by atoms with van der Waals surface area (Å²) in [4.78, 5) is 40.2. The number of hydrogen-bond donors (Lipinski definition) is 4. The highest BCUT2D eigenvalue weighted by molar-refractivity contribution is 6.10. The highest BCUT2D eigenvalue weighted by Crippen LogP contribution is 2.30. The molecule has 1 aliphatic rings. The molecule has 1 aliphatic heterocycles. The number of aromatic hydroxyl groups is 1. The van der Waals surface area contributed by atoms with Gasteiger partial charge in [0.2, 0.25) is 0 Å². The topological polar surface area (TPSA) is 146 Å². The minimum atomic E-state index is -4.43. The number of amidine groups is 2. The maximum absolute atomic E-state index is 12.9. The van der Waals surface area contributed by atoms with E-state index in [2.05, 4.69) is 36.7 Å². The van der Waals surface area contributed by atoms with Gasteiger partial charge in [-0.1, -0.05) is 51.1 Å². The lowest BCUT2D eigenvalue weighted by molar-refractivity contribution is -0.137. The van der Waals surface area contributed by atoms with Gasteiger partial charge in [0, 0.05) is 53.4 Å². The zero-order valence-corrected chi connectivity index (χ0v) is 33.5. The van der Waals surface area contributed by atoms with Gasteiger partial charge in [-0.15, -0.1) is 0 Å². The first-order valence-corrected chi connectivity index (χ1v) is 19.7. The second-order valence-corrected chi connectivity index (χ2v) is 14.2. The Labute approximate surface area is 342 Å². The molecule has 4 aromatic rings. The summed E-state index contributed by atoms with van der Waals surface area (Å²) in [6.45, 7) is 8.80. The highest BCUT2D eigenvalue weighted by atomic mass is 19.4. The number of anilines is 1. The minimum absolute atomic E-state index is 0.0313. The lowest BCUT2D eigenvalue weighted by Crippen LogP contribution is -2.36. The van der Waals surface area contributed by atoms with Gasteiger partial charge in [-0.25, -0.2) is 9.98 Å². The van der Waals surface area contributed by atoms with Crippen molar-refractivity contribution < 1.29 is 37.3 Å². The number of carbonyl (C=O) groups is 2. The predicted octanol–water partition coefficient (Wildman–Crippen LogP) is 8.49. The molecule has 5 rings (SSSR count). The van der Waals surface area contributed by atoms with Crippen LogP contribution in [0.4, 0.5) is 24.5 Å². The van der Waals surface area contributed by atoms with E-state index in [0.717, 1.165) is 30.0 Å². The maximum atomic E-state index is 12.9. The van der Waals surface area contributed by atoms with Crippen molar-refractivity contribution in [2.75, 3.05) is 44.8 Å². The fourth-order valence-corrected chi connectivity index (χ4v) is 6.28. The van der Waals surface area contributed by atoms with Crippen molar-refractivity contribution in [3.8, 4) is 5.75 Å². The summed E-state index contributed by atoms with van der Waals surface area (Å²) >= 11 is 0. The molecule has 0 bridgehead atoms. The molecule has 59 heavy (non-hydrogen) atoms. The number of benzene rings is 4. The van der Waals surface area contributed by atoms with Crippen LogP contribution in [0.5, 0.6) is 5.75 Å². The van der Waals surface area contributed by atoms with Gasteiger partial charge < -0.3 is 30.5 Å². The Morgan fingerprint density at radius 3 is 2.10 bits per heavy atom. The summed E-state index contributed by atoms with van der Waals surface area (Å²) in [6.07, 6.45) is -3.05. The van der Waals surface area contributed by atoms with Crippen LogP contribution in [0.1, 0.15) is 65.5 Å². The van der Waals surface area contributed by atoms with Crippen LogP contribution in [0.3, 0.4) is 0 Å². The normalized spacial score (nSPS) is 18.5. The molecule has 3 atom stereocenters. The molecule has 4 N–H and O–H groups in total. The van der Waals surface area contributed by atoms with Crippen LogP contribution in [-0.4, -0.2) is 73.8 Å². The Bertz CT molecular complexity index is 2060. The van der Waals surface area contributed by atoms with Gasteiger partial charge in [-0.2, -0.15) is 13.2 Å². The van der Waals surface area contributed by atoms with Crippen molar-refractivity contribution >= 4 is 40.6 Å². The Morgan fingerprint density at radius 1 is 0.797 bits per heavy atom. The molecule has 11 nitrogen and oxygen atoms in total. The quantitative estimate of drug-likeness (QED) is 0.0660. The molecule has 3 unspecified atom stereocenters. The van der Waals surface area contributed by atoms with Crippen LogP contribution in [0.25, 0.3) is 0 Å². The molecule has 1 heterocycles. The molecule has 2 amide bonds. The summed E-state index contributed by atoms with van der Waals surface area (Å²) in [7, 11) is 0. The Kier molecular flexibility index (Phi) is 16.3. The van der Waals surface area contributed by atoms with E-state index < -0.39 is 11.7 Å². The monoisotopic (exact) mass is 812 g/mol. The molecular weight excluding hydrogens is 762 g/mol. The van der Waals surface area contributed by atoms with Gasteiger partial charge in [0.1, 0.15) is 17.4 Å². The van der Waals surface area contributed by atoms with Crippen molar-refractivity contribution in [2.24, 2.45) is 32.7 Å². The van der Waals surface area contributed by atoms with Crippen LogP contribution >= 0.6 is 0 Å². The number of phenolic OH excluding ortho intramolecular Hbond substituents is 1. The first-order chi connectivity index (χ1) is 28.4. The van der Waals surface area contributed by atoms with Crippen LogP contribution in [0, 0.1) is 17.8 Å². The number of alkyl halides is 3. The molecule has 0 saturated carbocycles. The van der Waals surface area contributed by atoms with E-state index >= 15 is 0 Å². The third kappa shape index (κ3) is 13.6. The van der Waals surface area contributed by atoms with Crippen molar-refractivity contribution in [1.82, 2.24) is 10.6 Å². The van der Waals surface area contributed by atoms with E-state index in [1.165, 1.54) is 12.1 Å². The first kappa shape index (κ1) is 44.2. The van der Waals surface area contributed by atoms with Gasteiger partial charge in [0.05, 0.1) is 44.2 Å². The summed E-state index contributed by atoms with van der Waals surface area (Å²) in [5.74, 6) is 0.803. The number of phenols is 1. The largest absolute Gasteiger partial charge is 0.508 e. The van der Waals surface area contributed by atoms with Gasteiger partial charge >= 0.3 is 6.18 Å². The van der Waals surface area contributed by atoms with Crippen LogP contribution < -0.4 is 16.0 Å². The van der Waals surface area contributed by atoms with E-state index in [9.17, 15) is 27.9 Å². The van der Waals surface area contributed by atoms with Gasteiger partial charge in [0.25, 0.3) is 11.8 Å². The molecule has 4 aromatic carbocycles. The average molecular weight is 813 g/mol. The van der Waals surface area contributed by atoms with E-state index in [0.29, 0.717) is 80.0 Å². The Hall–Kier alpha value is -5.86. The Balaban J connectivity index is 1.22. The molecular formula is C45H51F3N6O5. The second-order valence-electron chi connectivity index (χ2n) is 14.2. The molecule has 0 spiro atoms. The second kappa shape index (κ2) is 21.8. The number of rotatable bonds is 16. The fraction of sp³-hybridized carbons (Fsp3) is 0.356. The lowest BCUT2D eigenvalue weighted by Gasteiger charge is -2.30. The van der Waals surface area contributed by atoms with Gasteiger partial charge in [-0.3, -0.25) is 14.6 Å². The minimum Gasteiger partial charge on any atom is -0.508 e. The zero-order valence-electron chi connectivity index (χ0n) is 33.5. The van der Waals surface area contributed by atoms with Gasteiger partial charge in [0.15, 0.2) is 0 Å². The third-order valence-corrected chi connectivity index (χ3v) is 9.99. The Morgan fingerprint density at radius 2 is 1.44 bits per heavy atom. The summed E-state index contributed by atoms with van der Waals surface area (Å²) in [6, 6.07) is 27.2. The number of halogens is 3. The predicted molar refractivity (Wildman–Crippen MR) is 225 cm³/mol. The number of nitrogens with one attached hydrogen (secondary N) is 3. The van der Waals surface area contributed by atoms with Crippen molar-refractivity contribution in [2.45, 2.75) is 46.3 Å². The lowest BCUT2D eigenvalue weighted by atomic mass is 9.83. The zero-order chi connectivity index (χ0) is 42.2. The van der Waals surface area contributed by atoms with E-state index in [-0.39, 0.29) is 41.9 Å². The molecule has 0 aliphatic carbocycles. The van der Waals surface area contributed by atoms with Crippen LogP contribution in [-0.2, 0) is 22.2 Å². The summed E-state index contributed by atoms with van der Waals surface area (Å²) in [5, 5.41) is 18.9. The van der Waals surface area contributed by atoms with Gasteiger partial charge in [-0.05, 0) is 91.2 Å². The smallest absolute Gasteiger partial charge is 0.416 e. The number of nitrogens with zero attached hydrogens (tertiary/aromatic N) is 3. The van der Waals surface area contributed by atoms with Crippen LogP contribution in [0.2, 0.25) is 0 Å². The number of hydrogen-bond acceptors (Lipinski definition) is 8. The molecule has 0 saturated heterocycles. The third-order valence-electron chi connectivity index (χ3n) is 9.99. The molecule has 312 valence electrons. The standard InChI is InChI=1S/C45H51F3N6O5/c1-4-33-28-40(49-22-24-58-26-27-59-25-23-50-43(56)34-8-6-5-7-9-34)30(2)31(3)41(52-38-18-20-39(55)21-19-38)54-42(33)53-37-16-12-35(13-17-37)44(57)51-29-32-10-14-36(15-11-32)45(46,47)48/h5-21,30-31,33,55H,4,22-29H2,1-3H3,(H,50,56)(H,51,57)(H,52,53,54). The number of ether oxygens (including phenoxy) is 2. The molecule has 14 heteroatoms. The molecule has 0 aromatic heterocycles. The number of aliphatic imine (C=N–C) groups is 3. The summed E-state index contributed by atoms with van der Waals surface area (Å²) < 4.78 is 50.2. The van der Waals surface area contributed by atoms with E-state index in [1.807, 2.05) is 18.2 Å². The fourth-order valence-electron chi connectivity index (χ4n) is 6.28. The number of carbonyl (C=O) groups excluding carboxylic acids is 2. The maximum Gasteiger partial charge on any atom is 0.416 e. The SMILES string of the molecule is CCC1CC(=NCCOCCOCCNC(=O)c2ccccc2)C(C)C(C)C(Nc2ccc(O)cc2)=NC1=Nc1ccc(C(=O)NCc2ccc(C(F)(F)F)cc2)cc1. The van der Waals surface area contributed by atoms with E-state index in [4.69, 9.17) is 24.5 Å². The van der Waals surface area contributed by atoms with Crippen molar-refractivity contribution in [1.29, 1.82) is 0 Å². The first-order valence-electron chi connectivity index (χ1n) is 19.7. The molecule has 0 fully saturated rings. The van der Waals surface area contributed by atoms with Crippen molar-refractivity contribution in [3.05, 3.63) is 125 Å². The summed E-state index contributed by atoms with van der Waals surface area (Å²) in [5.41, 5.74) is 3.15.